The Bertz CT molecular complexity index is 731. The molecule has 0 aliphatic carbocycles. The van der Waals surface area contributed by atoms with Gasteiger partial charge in [-0.3, -0.25) is 0 Å². The molecule has 8 heteroatoms. The molecule has 2 aromatic rings. The van der Waals surface area contributed by atoms with E-state index in [0.717, 1.165) is 42.3 Å². The first kappa shape index (κ1) is 18.3. The van der Waals surface area contributed by atoms with E-state index in [4.69, 9.17) is 9.47 Å². The molecule has 1 aromatic heterocycles. The number of urea groups is 1. The molecule has 0 saturated carbocycles. The van der Waals surface area contributed by atoms with Gasteiger partial charge in [-0.15, -0.1) is 10.2 Å². The highest BCUT2D eigenvalue weighted by Crippen LogP contribution is 2.14. The molecule has 0 atom stereocenters. The summed E-state index contributed by atoms with van der Waals surface area (Å²) in [4.78, 5) is 12.1. The van der Waals surface area contributed by atoms with E-state index in [1.165, 1.54) is 0 Å². The Hall–Kier alpha value is -2.45. The third kappa shape index (κ3) is 5.03. The molecule has 0 saturated heterocycles. The van der Waals surface area contributed by atoms with Crippen LogP contribution in [0.4, 0.5) is 10.5 Å². The van der Waals surface area contributed by atoms with E-state index in [2.05, 4.69) is 25.4 Å². The summed E-state index contributed by atoms with van der Waals surface area (Å²) in [6.45, 7) is 5.55. The molecule has 0 spiro atoms. The summed E-state index contributed by atoms with van der Waals surface area (Å²) in [5, 5.41) is 13.9. The predicted molar refractivity (Wildman–Crippen MR) is 96.8 cm³/mol. The van der Waals surface area contributed by atoms with E-state index in [0.29, 0.717) is 33.0 Å². The van der Waals surface area contributed by atoms with Crippen molar-refractivity contribution in [1.82, 2.24) is 20.1 Å². The van der Waals surface area contributed by atoms with Crippen molar-refractivity contribution in [3.05, 3.63) is 41.5 Å². The largest absolute Gasteiger partial charge is 0.379 e. The quantitative estimate of drug-likeness (QED) is 0.669. The van der Waals surface area contributed by atoms with Crippen molar-refractivity contribution in [2.45, 2.75) is 39.5 Å². The number of carbonyl (C=O) groups is 1. The molecular formula is C18H25N5O3. The number of ether oxygens (including phenoxy) is 2. The second-order valence-electron chi connectivity index (χ2n) is 6.05. The molecule has 140 valence electrons. The summed E-state index contributed by atoms with van der Waals surface area (Å²) in [7, 11) is 0. The monoisotopic (exact) mass is 359 g/mol. The molecule has 1 aliphatic heterocycles. The van der Waals surface area contributed by atoms with Crippen LogP contribution in [0.15, 0.2) is 24.3 Å². The fourth-order valence-corrected chi connectivity index (χ4v) is 2.87. The molecular weight excluding hydrogens is 334 g/mol. The number of benzene rings is 1. The van der Waals surface area contributed by atoms with Crippen LogP contribution in [-0.2, 0) is 35.6 Å². The minimum Gasteiger partial charge on any atom is -0.379 e. The van der Waals surface area contributed by atoms with Crippen molar-refractivity contribution >= 4 is 11.7 Å². The van der Waals surface area contributed by atoms with Crippen molar-refractivity contribution in [1.29, 1.82) is 0 Å². The fourth-order valence-electron chi connectivity index (χ4n) is 2.87. The molecule has 0 radical (unpaired) electrons. The Morgan fingerprint density at radius 2 is 2.15 bits per heavy atom. The van der Waals surface area contributed by atoms with E-state index in [1.54, 1.807) is 0 Å². The average Bonchev–Trinajstić information content (AvgIpc) is 3.24. The van der Waals surface area contributed by atoms with Crippen LogP contribution in [0.5, 0.6) is 0 Å². The molecule has 2 amide bonds. The first-order valence-corrected chi connectivity index (χ1v) is 8.96. The molecule has 0 bridgehead atoms. The van der Waals surface area contributed by atoms with Gasteiger partial charge in [-0.1, -0.05) is 12.1 Å². The van der Waals surface area contributed by atoms with Gasteiger partial charge in [0.15, 0.2) is 5.82 Å². The van der Waals surface area contributed by atoms with Crippen LogP contribution >= 0.6 is 0 Å². The first-order chi connectivity index (χ1) is 12.8. The Balaban J connectivity index is 1.44. The average molecular weight is 359 g/mol. The van der Waals surface area contributed by atoms with Gasteiger partial charge in [0.1, 0.15) is 5.82 Å². The van der Waals surface area contributed by atoms with Crippen LogP contribution in [0.25, 0.3) is 0 Å². The lowest BCUT2D eigenvalue weighted by Gasteiger charge is -2.10. The first-order valence-electron chi connectivity index (χ1n) is 8.96. The molecule has 1 aliphatic rings. The maximum absolute atomic E-state index is 12.1. The minimum atomic E-state index is -0.269. The molecule has 26 heavy (non-hydrogen) atoms. The highest BCUT2D eigenvalue weighted by atomic mass is 16.5. The van der Waals surface area contributed by atoms with Crippen LogP contribution < -0.4 is 10.6 Å². The maximum Gasteiger partial charge on any atom is 0.319 e. The van der Waals surface area contributed by atoms with Crippen molar-refractivity contribution in [3.63, 3.8) is 0 Å². The SMILES string of the molecule is CCOCCOCc1cccc(NC(=O)NCc2nnc3n2CCC3)c1. The van der Waals surface area contributed by atoms with E-state index in [1.807, 2.05) is 31.2 Å². The van der Waals surface area contributed by atoms with E-state index in [9.17, 15) is 4.79 Å². The normalized spacial score (nSPS) is 12.8. The van der Waals surface area contributed by atoms with Crippen LogP contribution in [0.3, 0.4) is 0 Å². The predicted octanol–water partition coefficient (Wildman–Crippen LogP) is 2.10. The van der Waals surface area contributed by atoms with Crippen molar-refractivity contribution < 1.29 is 14.3 Å². The lowest BCUT2D eigenvalue weighted by atomic mass is 10.2. The highest BCUT2D eigenvalue weighted by molar-refractivity contribution is 5.89. The lowest BCUT2D eigenvalue weighted by Crippen LogP contribution is -2.29. The number of nitrogens with zero attached hydrogens (tertiary/aromatic N) is 3. The third-order valence-corrected chi connectivity index (χ3v) is 4.12. The number of nitrogens with one attached hydrogen (secondary N) is 2. The fraction of sp³-hybridized carbons (Fsp3) is 0.500. The number of carbonyl (C=O) groups excluding carboxylic acids is 1. The van der Waals surface area contributed by atoms with Gasteiger partial charge in [-0.25, -0.2) is 4.79 Å². The van der Waals surface area contributed by atoms with Gasteiger partial charge in [-0.05, 0) is 31.0 Å². The van der Waals surface area contributed by atoms with E-state index >= 15 is 0 Å². The summed E-state index contributed by atoms with van der Waals surface area (Å²) in [6.07, 6.45) is 2.04. The molecule has 1 aromatic carbocycles. The number of fused-ring (bicyclic) bond motifs is 1. The summed E-state index contributed by atoms with van der Waals surface area (Å²) in [5.41, 5.74) is 1.72. The van der Waals surface area contributed by atoms with Gasteiger partial charge in [0.2, 0.25) is 0 Å². The second-order valence-corrected chi connectivity index (χ2v) is 6.05. The Labute approximate surface area is 152 Å². The van der Waals surface area contributed by atoms with Crippen LogP contribution in [0.1, 0.15) is 30.6 Å². The topological polar surface area (TPSA) is 90.3 Å². The summed E-state index contributed by atoms with van der Waals surface area (Å²) in [5.74, 6) is 1.79. The summed E-state index contributed by atoms with van der Waals surface area (Å²) in [6, 6.07) is 7.33. The Kier molecular flexibility index (Phi) is 6.56. The highest BCUT2D eigenvalue weighted by Gasteiger charge is 2.17. The molecule has 3 rings (SSSR count). The number of hydrogen-bond acceptors (Lipinski definition) is 5. The van der Waals surface area contributed by atoms with Crippen molar-refractivity contribution in [2.75, 3.05) is 25.1 Å². The van der Waals surface area contributed by atoms with Gasteiger partial charge in [0.05, 0.1) is 26.4 Å². The van der Waals surface area contributed by atoms with Gasteiger partial charge in [-0.2, -0.15) is 0 Å². The van der Waals surface area contributed by atoms with Crippen LogP contribution in [0, 0.1) is 0 Å². The summed E-state index contributed by atoms with van der Waals surface area (Å²) < 4.78 is 12.9. The van der Waals surface area contributed by atoms with E-state index in [-0.39, 0.29) is 6.03 Å². The second kappa shape index (κ2) is 9.30. The minimum absolute atomic E-state index is 0.269. The maximum atomic E-state index is 12.1. The standard InChI is InChI=1S/C18H25N5O3/c1-2-25-9-10-26-13-14-5-3-6-15(11-14)20-18(24)19-12-17-22-21-16-7-4-8-23(16)17/h3,5-6,11H,2,4,7-10,12-13H2,1H3,(H2,19,20,24). The zero-order valence-electron chi connectivity index (χ0n) is 15.0. The Morgan fingerprint density at radius 3 is 3.04 bits per heavy atom. The number of hydrogen-bond donors (Lipinski definition) is 2. The Morgan fingerprint density at radius 1 is 1.27 bits per heavy atom. The van der Waals surface area contributed by atoms with Gasteiger partial charge in [0, 0.05) is 25.3 Å². The van der Waals surface area contributed by atoms with Gasteiger partial charge in [0.25, 0.3) is 0 Å². The number of amides is 2. The lowest BCUT2D eigenvalue weighted by molar-refractivity contribution is 0.0453. The molecule has 2 N–H and O–H groups in total. The number of rotatable bonds is 9. The molecule has 2 heterocycles. The van der Waals surface area contributed by atoms with Crippen molar-refractivity contribution in [3.8, 4) is 0 Å². The number of anilines is 1. The van der Waals surface area contributed by atoms with Gasteiger partial charge < -0.3 is 24.7 Å². The molecule has 0 unspecified atom stereocenters. The van der Waals surface area contributed by atoms with Crippen LogP contribution in [0.2, 0.25) is 0 Å². The smallest absolute Gasteiger partial charge is 0.319 e. The van der Waals surface area contributed by atoms with Crippen molar-refractivity contribution in [2.24, 2.45) is 0 Å². The van der Waals surface area contributed by atoms with Crippen LogP contribution in [-0.4, -0.2) is 40.6 Å². The third-order valence-electron chi connectivity index (χ3n) is 4.12. The molecule has 8 nitrogen and oxygen atoms in total. The summed E-state index contributed by atoms with van der Waals surface area (Å²) >= 11 is 0. The molecule has 0 fully saturated rings. The zero-order valence-corrected chi connectivity index (χ0v) is 15.0. The number of aryl methyl sites for hydroxylation is 1. The zero-order chi connectivity index (χ0) is 18.2. The van der Waals surface area contributed by atoms with Gasteiger partial charge >= 0.3 is 6.03 Å². The number of aromatic nitrogens is 3. The van der Waals surface area contributed by atoms with E-state index < -0.39 is 0 Å².